The molecule has 0 aromatic carbocycles. The van der Waals surface area contributed by atoms with Crippen molar-refractivity contribution in [2.45, 2.75) is 25.7 Å². The van der Waals surface area contributed by atoms with E-state index in [1.54, 1.807) is 6.08 Å². The van der Waals surface area contributed by atoms with Gasteiger partial charge in [0.05, 0.1) is 0 Å². The molecular formula is C10H18N2O3. The fourth-order valence-corrected chi connectivity index (χ4v) is 0.952. The third kappa shape index (κ3) is 10.4. The lowest BCUT2D eigenvalue weighted by Gasteiger charge is -2.05. The van der Waals surface area contributed by atoms with E-state index < -0.39 is 5.97 Å². The molecule has 15 heavy (non-hydrogen) atoms. The highest BCUT2D eigenvalue weighted by Crippen LogP contribution is 1.87. The lowest BCUT2D eigenvalue weighted by atomic mass is 10.3. The highest BCUT2D eigenvalue weighted by Gasteiger charge is 1.99. The van der Waals surface area contributed by atoms with Crippen molar-refractivity contribution < 1.29 is 14.7 Å². The second kappa shape index (κ2) is 9.05. The van der Waals surface area contributed by atoms with Crippen LogP contribution >= 0.6 is 0 Å². The zero-order chi connectivity index (χ0) is 11.5. The van der Waals surface area contributed by atoms with Gasteiger partial charge in [-0.1, -0.05) is 6.08 Å². The molecule has 2 amide bonds. The third-order valence-corrected chi connectivity index (χ3v) is 1.72. The maximum Gasteiger partial charge on any atom is 0.314 e. The zero-order valence-electron chi connectivity index (χ0n) is 8.79. The van der Waals surface area contributed by atoms with Gasteiger partial charge < -0.3 is 15.7 Å². The molecule has 0 aliphatic heterocycles. The van der Waals surface area contributed by atoms with Gasteiger partial charge in [-0.3, -0.25) is 4.79 Å². The van der Waals surface area contributed by atoms with E-state index >= 15 is 0 Å². The van der Waals surface area contributed by atoms with Crippen molar-refractivity contribution in [3.63, 3.8) is 0 Å². The topological polar surface area (TPSA) is 78.4 Å². The van der Waals surface area contributed by atoms with Gasteiger partial charge in [-0.05, 0) is 19.3 Å². The number of carbonyl (C=O) groups excluding carboxylic acids is 1. The summed E-state index contributed by atoms with van der Waals surface area (Å²) in [6.45, 7) is 4.57. The summed E-state index contributed by atoms with van der Waals surface area (Å²) in [7, 11) is 0. The smallest absolute Gasteiger partial charge is 0.314 e. The molecule has 86 valence electrons. The zero-order valence-corrected chi connectivity index (χ0v) is 8.79. The Hall–Kier alpha value is -1.52. The number of hydrogen-bond acceptors (Lipinski definition) is 2. The minimum absolute atomic E-state index is 0.0801. The second-order valence-electron chi connectivity index (χ2n) is 3.11. The van der Waals surface area contributed by atoms with Crippen LogP contribution in [0.3, 0.4) is 0 Å². The van der Waals surface area contributed by atoms with Gasteiger partial charge in [0.1, 0.15) is 0 Å². The van der Waals surface area contributed by atoms with Crippen LogP contribution in [0.4, 0.5) is 4.79 Å². The SMILES string of the molecule is C=CCCCNC(=O)NCCCC(=O)O. The lowest BCUT2D eigenvalue weighted by Crippen LogP contribution is -2.36. The van der Waals surface area contributed by atoms with Crippen molar-refractivity contribution in [3.05, 3.63) is 12.7 Å². The Morgan fingerprint density at radius 3 is 2.33 bits per heavy atom. The molecule has 0 fully saturated rings. The van der Waals surface area contributed by atoms with E-state index in [4.69, 9.17) is 5.11 Å². The number of urea groups is 1. The number of nitrogens with one attached hydrogen (secondary N) is 2. The standard InChI is InChI=1S/C10H18N2O3/c1-2-3-4-7-11-10(15)12-8-5-6-9(13)14/h2H,1,3-8H2,(H,13,14)(H2,11,12,15). The van der Waals surface area contributed by atoms with E-state index in [0.29, 0.717) is 19.5 Å². The molecule has 0 saturated heterocycles. The number of carbonyl (C=O) groups is 2. The van der Waals surface area contributed by atoms with Crippen LogP contribution in [0.25, 0.3) is 0 Å². The molecule has 0 radical (unpaired) electrons. The molecule has 0 rings (SSSR count). The Labute approximate surface area is 89.6 Å². The van der Waals surface area contributed by atoms with Gasteiger partial charge in [-0.25, -0.2) is 4.79 Å². The number of allylic oxidation sites excluding steroid dienone is 1. The van der Waals surface area contributed by atoms with Gasteiger partial charge in [0.25, 0.3) is 0 Å². The van der Waals surface area contributed by atoms with Crippen LogP contribution < -0.4 is 10.6 Å². The first-order valence-electron chi connectivity index (χ1n) is 5.01. The largest absolute Gasteiger partial charge is 0.481 e. The Morgan fingerprint density at radius 1 is 1.20 bits per heavy atom. The predicted molar refractivity (Wildman–Crippen MR) is 57.7 cm³/mol. The molecule has 0 spiro atoms. The predicted octanol–water partition coefficient (Wildman–Crippen LogP) is 1.12. The van der Waals surface area contributed by atoms with Gasteiger partial charge in [0.2, 0.25) is 0 Å². The number of hydrogen-bond donors (Lipinski definition) is 3. The molecule has 0 bridgehead atoms. The molecule has 0 aromatic heterocycles. The molecule has 0 unspecified atom stereocenters. The monoisotopic (exact) mass is 214 g/mol. The van der Waals surface area contributed by atoms with Crippen molar-refractivity contribution >= 4 is 12.0 Å². The van der Waals surface area contributed by atoms with Crippen LogP contribution in [-0.2, 0) is 4.79 Å². The van der Waals surface area contributed by atoms with Gasteiger partial charge in [0, 0.05) is 19.5 Å². The minimum atomic E-state index is -0.844. The molecule has 0 saturated carbocycles. The summed E-state index contributed by atoms with van der Waals surface area (Å²) < 4.78 is 0. The van der Waals surface area contributed by atoms with Crippen molar-refractivity contribution in [2.75, 3.05) is 13.1 Å². The molecule has 5 nitrogen and oxygen atoms in total. The number of unbranched alkanes of at least 4 members (excludes halogenated alkanes) is 1. The molecule has 0 aliphatic rings. The van der Waals surface area contributed by atoms with E-state index in [-0.39, 0.29) is 12.5 Å². The summed E-state index contributed by atoms with van der Waals surface area (Å²) in [5.74, 6) is -0.844. The van der Waals surface area contributed by atoms with Crippen molar-refractivity contribution in [1.29, 1.82) is 0 Å². The maximum absolute atomic E-state index is 11.1. The summed E-state index contributed by atoms with van der Waals surface area (Å²) >= 11 is 0. The molecule has 5 heteroatoms. The number of rotatable bonds is 8. The van der Waals surface area contributed by atoms with E-state index in [1.165, 1.54) is 0 Å². The summed E-state index contributed by atoms with van der Waals surface area (Å²) in [4.78, 5) is 21.2. The number of carboxylic acids is 1. The maximum atomic E-state index is 11.1. The summed E-state index contributed by atoms with van der Waals surface area (Å²) in [5, 5.41) is 13.6. The van der Waals surface area contributed by atoms with Crippen molar-refractivity contribution in [1.82, 2.24) is 10.6 Å². The highest BCUT2D eigenvalue weighted by molar-refractivity contribution is 5.73. The molecule has 0 aliphatic carbocycles. The molecular weight excluding hydrogens is 196 g/mol. The third-order valence-electron chi connectivity index (χ3n) is 1.72. The molecule has 0 atom stereocenters. The first kappa shape index (κ1) is 13.5. The second-order valence-corrected chi connectivity index (χ2v) is 3.11. The van der Waals surface area contributed by atoms with Gasteiger partial charge in [-0.2, -0.15) is 0 Å². The van der Waals surface area contributed by atoms with Crippen LogP contribution in [0, 0.1) is 0 Å². The Kier molecular flexibility index (Phi) is 8.13. The number of carboxylic acid groups (broad SMARTS) is 1. The number of amides is 2. The highest BCUT2D eigenvalue weighted by atomic mass is 16.4. The summed E-state index contributed by atoms with van der Waals surface area (Å²) in [6, 6.07) is -0.246. The fraction of sp³-hybridized carbons (Fsp3) is 0.600. The normalized spacial score (nSPS) is 9.33. The van der Waals surface area contributed by atoms with Crippen molar-refractivity contribution in [2.24, 2.45) is 0 Å². The van der Waals surface area contributed by atoms with Crippen LogP contribution in [0.15, 0.2) is 12.7 Å². The average Bonchev–Trinajstić information content (AvgIpc) is 2.19. The average molecular weight is 214 g/mol. The number of aliphatic carboxylic acids is 1. The van der Waals surface area contributed by atoms with E-state index in [9.17, 15) is 9.59 Å². The summed E-state index contributed by atoms with van der Waals surface area (Å²) in [5.41, 5.74) is 0. The molecule has 3 N–H and O–H groups in total. The first-order chi connectivity index (χ1) is 7.16. The van der Waals surface area contributed by atoms with E-state index in [1.807, 2.05) is 0 Å². The Bertz CT molecular complexity index is 217. The fourth-order valence-electron chi connectivity index (χ4n) is 0.952. The van der Waals surface area contributed by atoms with Crippen LogP contribution in [0.5, 0.6) is 0 Å². The van der Waals surface area contributed by atoms with Gasteiger partial charge in [-0.15, -0.1) is 6.58 Å². The van der Waals surface area contributed by atoms with Gasteiger partial charge in [0.15, 0.2) is 0 Å². The molecule has 0 aromatic rings. The van der Waals surface area contributed by atoms with Crippen molar-refractivity contribution in [3.8, 4) is 0 Å². The van der Waals surface area contributed by atoms with Gasteiger partial charge >= 0.3 is 12.0 Å². The van der Waals surface area contributed by atoms with Crippen LogP contribution in [0.1, 0.15) is 25.7 Å². The lowest BCUT2D eigenvalue weighted by molar-refractivity contribution is -0.137. The molecule has 0 heterocycles. The Balaban J connectivity index is 3.25. The van der Waals surface area contributed by atoms with Crippen LogP contribution in [-0.4, -0.2) is 30.2 Å². The van der Waals surface area contributed by atoms with E-state index in [0.717, 1.165) is 12.8 Å². The summed E-state index contributed by atoms with van der Waals surface area (Å²) in [6.07, 6.45) is 4.07. The quantitative estimate of drug-likeness (QED) is 0.418. The minimum Gasteiger partial charge on any atom is -0.481 e. The van der Waals surface area contributed by atoms with Crippen LogP contribution in [0.2, 0.25) is 0 Å². The first-order valence-corrected chi connectivity index (χ1v) is 5.01. The Morgan fingerprint density at radius 2 is 1.80 bits per heavy atom. The van der Waals surface area contributed by atoms with E-state index in [2.05, 4.69) is 17.2 Å².